The number of amides is 1. The Kier molecular flexibility index (Phi) is 4.03. The van der Waals surface area contributed by atoms with Gasteiger partial charge in [-0.1, -0.05) is 0 Å². The molecule has 1 fully saturated rings. The molecule has 0 bridgehead atoms. The molecule has 2 aromatic rings. The maximum Gasteiger partial charge on any atom is 0.227 e. The molecule has 2 atom stereocenters. The van der Waals surface area contributed by atoms with Crippen LogP contribution in [-0.4, -0.2) is 40.2 Å². The van der Waals surface area contributed by atoms with Gasteiger partial charge in [0.1, 0.15) is 11.6 Å². The third-order valence-electron chi connectivity index (χ3n) is 5.29. The van der Waals surface area contributed by atoms with Gasteiger partial charge in [-0.3, -0.25) is 9.48 Å². The van der Waals surface area contributed by atoms with Crippen LogP contribution < -0.4 is 5.32 Å². The zero-order chi connectivity index (χ0) is 17.6. The summed E-state index contributed by atoms with van der Waals surface area (Å²) in [4.78, 5) is 14.7. The van der Waals surface area contributed by atoms with Crippen molar-refractivity contribution >= 4 is 5.91 Å². The number of aryl methyl sites for hydroxylation is 1. The molecule has 2 aliphatic heterocycles. The summed E-state index contributed by atoms with van der Waals surface area (Å²) in [5, 5.41) is 7.46. The lowest BCUT2D eigenvalue weighted by Gasteiger charge is -2.32. The van der Waals surface area contributed by atoms with Crippen LogP contribution in [0.15, 0.2) is 24.5 Å². The van der Waals surface area contributed by atoms with Crippen molar-refractivity contribution in [2.24, 2.45) is 13.0 Å². The number of carbonyl (C=O) groups is 1. The first kappa shape index (κ1) is 16.2. The molecule has 1 amide bonds. The Balaban J connectivity index is 1.56. The highest BCUT2D eigenvalue weighted by Crippen LogP contribution is 2.32. The predicted octanol–water partition coefficient (Wildman–Crippen LogP) is 1.59. The van der Waals surface area contributed by atoms with Crippen molar-refractivity contribution in [1.29, 1.82) is 0 Å². The van der Waals surface area contributed by atoms with Gasteiger partial charge in [-0.05, 0) is 29.7 Å². The number of carbonyl (C=O) groups excluding carboxylic acids is 1. The zero-order valence-electron chi connectivity index (χ0n) is 14.0. The maximum absolute atomic E-state index is 14.1. The quantitative estimate of drug-likeness (QED) is 0.898. The molecule has 0 saturated carbocycles. The molecule has 0 unspecified atom stereocenters. The van der Waals surface area contributed by atoms with E-state index in [0.717, 1.165) is 24.2 Å². The van der Waals surface area contributed by atoms with E-state index in [1.54, 1.807) is 15.8 Å². The molecule has 0 spiro atoms. The number of rotatable bonds is 2. The number of nitrogens with one attached hydrogen (secondary N) is 1. The van der Waals surface area contributed by atoms with Crippen LogP contribution in [0.5, 0.6) is 0 Å². The molecule has 1 aromatic heterocycles. The Bertz CT molecular complexity index is 819. The number of nitrogens with zero attached hydrogens (tertiary/aromatic N) is 3. The molecular weight excluding hydrogens is 326 g/mol. The van der Waals surface area contributed by atoms with Crippen molar-refractivity contribution in [3.05, 3.63) is 52.9 Å². The van der Waals surface area contributed by atoms with E-state index in [1.807, 2.05) is 13.2 Å². The van der Waals surface area contributed by atoms with Crippen LogP contribution in [0.25, 0.3) is 0 Å². The predicted molar refractivity (Wildman–Crippen MR) is 87.8 cm³/mol. The van der Waals surface area contributed by atoms with E-state index < -0.39 is 5.82 Å². The molecular formula is C18H20F2N4O. The van der Waals surface area contributed by atoms with Crippen LogP contribution in [0.4, 0.5) is 8.78 Å². The Labute approximate surface area is 144 Å². The van der Waals surface area contributed by atoms with E-state index in [2.05, 4.69) is 10.4 Å². The number of hydrogen-bond donors (Lipinski definition) is 1. The zero-order valence-corrected chi connectivity index (χ0v) is 14.0. The van der Waals surface area contributed by atoms with E-state index in [-0.39, 0.29) is 30.1 Å². The van der Waals surface area contributed by atoms with E-state index >= 15 is 0 Å². The Hall–Kier alpha value is -2.28. The molecule has 1 aromatic carbocycles. The second-order valence-corrected chi connectivity index (χ2v) is 6.81. The minimum absolute atomic E-state index is 0.00633. The van der Waals surface area contributed by atoms with Gasteiger partial charge in [-0.2, -0.15) is 5.10 Å². The lowest BCUT2D eigenvalue weighted by Crippen LogP contribution is -2.42. The van der Waals surface area contributed by atoms with Gasteiger partial charge in [0.2, 0.25) is 5.91 Å². The van der Waals surface area contributed by atoms with Crippen LogP contribution in [0.3, 0.4) is 0 Å². The SMILES string of the molecule is Cn1cc([C@H]2CNC[C@@H]2C(=O)N2CCc3c(F)ccc(F)c3C2)cn1. The molecule has 4 rings (SSSR count). The molecule has 1 saturated heterocycles. The summed E-state index contributed by atoms with van der Waals surface area (Å²) in [6.45, 7) is 1.86. The van der Waals surface area contributed by atoms with Gasteiger partial charge in [0.25, 0.3) is 0 Å². The van der Waals surface area contributed by atoms with Crippen molar-refractivity contribution in [1.82, 2.24) is 20.0 Å². The summed E-state index contributed by atoms with van der Waals surface area (Å²) in [5.74, 6) is -0.989. The number of halogens is 2. The standard InChI is InChI=1S/C18H20F2N4O/c1-23-9-11(6-22-23)13-7-21-8-14(13)18(25)24-5-4-12-15(10-24)17(20)3-2-16(12)19/h2-3,6,9,13-14,21H,4-5,7-8,10H2,1H3/t13-,14+/m1/s1. The fourth-order valence-electron chi connectivity index (χ4n) is 3.94. The van der Waals surface area contributed by atoms with E-state index in [1.165, 1.54) is 0 Å². The minimum Gasteiger partial charge on any atom is -0.338 e. The highest BCUT2D eigenvalue weighted by molar-refractivity contribution is 5.81. The third-order valence-corrected chi connectivity index (χ3v) is 5.29. The summed E-state index contributed by atoms with van der Waals surface area (Å²) < 4.78 is 29.7. The minimum atomic E-state index is -0.442. The van der Waals surface area contributed by atoms with Crippen LogP contribution >= 0.6 is 0 Å². The van der Waals surface area contributed by atoms with E-state index in [0.29, 0.717) is 30.6 Å². The summed E-state index contributed by atoms with van der Waals surface area (Å²) >= 11 is 0. The molecule has 1 N–H and O–H groups in total. The molecule has 2 aliphatic rings. The van der Waals surface area contributed by atoms with Gasteiger partial charge < -0.3 is 10.2 Å². The van der Waals surface area contributed by atoms with Gasteiger partial charge in [0.15, 0.2) is 0 Å². The Morgan fingerprint density at radius 1 is 1.24 bits per heavy atom. The average Bonchev–Trinajstić information content (AvgIpc) is 3.26. The first-order chi connectivity index (χ1) is 12.0. The summed E-state index contributed by atoms with van der Waals surface area (Å²) in [5.41, 5.74) is 1.74. The molecule has 0 aliphatic carbocycles. The van der Waals surface area contributed by atoms with Gasteiger partial charge in [-0.25, -0.2) is 8.78 Å². The highest BCUT2D eigenvalue weighted by Gasteiger charge is 2.38. The fraction of sp³-hybridized carbons (Fsp3) is 0.444. The lowest BCUT2D eigenvalue weighted by molar-refractivity contribution is -0.136. The van der Waals surface area contributed by atoms with Crippen molar-refractivity contribution in [2.75, 3.05) is 19.6 Å². The number of fused-ring (bicyclic) bond motifs is 1. The third kappa shape index (κ3) is 2.82. The smallest absolute Gasteiger partial charge is 0.227 e. The summed E-state index contributed by atoms with van der Waals surface area (Å²) in [7, 11) is 1.85. The van der Waals surface area contributed by atoms with Crippen LogP contribution in [0.1, 0.15) is 22.6 Å². The van der Waals surface area contributed by atoms with Crippen LogP contribution in [-0.2, 0) is 24.8 Å². The normalized spacial score (nSPS) is 22.9. The molecule has 0 radical (unpaired) electrons. The largest absolute Gasteiger partial charge is 0.338 e. The topological polar surface area (TPSA) is 50.2 Å². The molecule has 132 valence electrons. The Morgan fingerprint density at radius 3 is 2.72 bits per heavy atom. The number of benzene rings is 1. The second kappa shape index (κ2) is 6.22. The number of hydrogen-bond acceptors (Lipinski definition) is 3. The van der Waals surface area contributed by atoms with Crippen molar-refractivity contribution < 1.29 is 13.6 Å². The van der Waals surface area contributed by atoms with Crippen LogP contribution in [0.2, 0.25) is 0 Å². The maximum atomic E-state index is 14.1. The average molecular weight is 346 g/mol. The van der Waals surface area contributed by atoms with E-state index in [9.17, 15) is 13.6 Å². The molecule has 5 nitrogen and oxygen atoms in total. The second-order valence-electron chi connectivity index (χ2n) is 6.81. The Morgan fingerprint density at radius 2 is 2.00 bits per heavy atom. The van der Waals surface area contributed by atoms with Crippen LogP contribution in [0, 0.1) is 17.6 Å². The van der Waals surface area contributed by atoms with Crippen molar-refractivity contribution in [3.8, 4) is 0 Å². The summed E-state index contributed by atoms with van der Waals surface area (Å²) in [6.07, 6.45) is 4.07. The van der Waals surface area contributed by atoms with Crippen molar-refractivity contribution in [2.45, 2.75) is 18.9 Å². The molecule has 25 heavy (non-hydrogen) atoms. The first-order valence-corrected chi connectivity index (χ1v) is 8.48. The number of aromatic nitrogens is 2. The highest BCUT2D eigenvalue weighted by atomic mass is 19.1. The van der Waals surface area contributed by atoms with Gasteiger partial charge in [0.05, 0.1) is 12.1 Å². The van der Waals surface area contributed by atoms with Crippen molar-refractivity contribution in [3.63, 3.8) is 0 Å². The van der Waals surface area contributed by atoms with Gasteiger partial charge in [0, 0.05) is 50.9 Å². The fourth-order valence-corrected chi connectivity index (χ4v) is 3.94. The monoisotopic (exact) mass is 346 g/mol. The summed E-state index contributed by atoms with van der Waals surface area (Å²) in [6, 6.07) is 2.29. The van der Waals surface area contributed by atoms with Gasteiger partial charge >= 0.3 is 0 Å². The van der Waals surface area contributed by atoms with E-state index in [4.69, 9.17) is 0 Å². The molecule has 7 heteroatoms. The first-order valence-electron chi connectivity index (χ1n) is 8.48. The lowest BCUT2D eigenvalue weighted by atomic mass is 9.88. The van der Waals surface area contributed by atoms with Gasteiger partial charge in [-0.15, -0.1) is 0 Å². The molecule has 3 heterocycles.